The summed E-state index contributed by atoms with van der Waals surface area (Å²) in [5, 5.41) is 2.32. The smallest absolute Gasteiger partial charge is 0.399 e. The van der Waals surface area contributed by atoms with Gasteiger partial charge in [-0.15, -0.1) is 0 Å². The second-order valence-electron chi connectivity index (χ2n) is 10.4. The van der Waals surface area contributed by atoms with Gasteiger partial charge in [0.1, 0.15) is 0 Å². The number of aromatic nitrogens is 3. The zero-order valence-electron chi connectivity index (χ0n) is 21.5. The Bertz CT molecular complexity index is 1590. The van der Waals surface area contributed by atoms with Crippen molar-refractivity contribution < 1.29 is 9.31 Å². The number of hydrogen-bond acceptors (Lipinski definition) is 5. The molecule has 0 N–H and O–H groups in total. The summed E-state index contributed by atoms with van der Waals surface area (Å²) in [6.45, 7) is 8.24. The Labute approximate surface area is 217 Å². The van der Waals surface area contributed by atoms with Gasteiger partial charge >= 0.3 is 7.12 Å². The summed E-state index contributed by atoms with van der Waals surface area (Å²) < 4.78 is 12.6. The van der Waals surface area contributed by atoms with Gasteiger partial charge in [-0.1, -0.05) is 91.0 Å². The molecule has 4 aromatic carbocycles. The lowest BCUT2D eigenvalue weighted by atomic mass is 9.78. The van der Waals surface area contributed by atoms with Gasteiger partial charge in [-0.2, -0.15) is 0 Å². The minimum absolute atomic E-state index is 0.412. The van der Waals surface area contributed by atoms with Crippen molar-refractivity contribution in [2.75, 3.05) is 0 Å². The summed E-state index contributed by atoms with van der Waals surface area (Å²) in [5.74, 6) is 1.88. The molecule has 5 aromatic rings. The van der Waals surface area contributed by atoms with E-state index in [1.54, 1.807) is 0 Å². The quantitative estimate of drug-likeness (QED) is 0.279. The van der Waals surface area contributed by atoms with Crippen molar-refractivity contribution in [1.29, 1.82) is 0 Å². The number of benzene rings is 4. The normalized spacial score (nSPS) is 16.3. The van der Waals surface area contributed by atoms with E-state index in [4.69, 9.17) is 24.3 Å². The first-order chi connectivity index (χ1) is 17.8. The molecule has 2 heterocycles. The van der Waals surface area contributed by atoms with E-state index >= 15 is 0 Å². The molecular formula is C31H28BN3O2. The van der Waals surface area contributed by atoms with Gasteiger partial charge < -0.3 is 9.31 Å². The van der Waals surface area contributed by atoms with Crippen LogP contribution in [0.5, 0.6) is 0 Å². The molecule has 6 rings (SSSR count). The average Bonchev–Trinajstić information content (AvgIpc) is 3.15. The second kappa shape index (κ2) is 8.91. The maximum absolute atomic E-state index is 6.29. The topological polar surface area (TPSA) is 57.1 Å². The van der Waals surface area contributed by atoms with E-state index in [1.807, 2.05) is 60.7 Å². The fourth-order valence-electron chi connectivity index (χ4n) is 4.48. The Morgan fingerprint density at radius 3 is 1.73 bits per heavy atom. The highest BCUT2D eigenvalue weighted by Crippen LogP contribution is 2.36. The summed E-state index contributed by atoms with van der Waals surface area (Å²) in [4.78, 5) is 14.7. The predicted octanol–water partition coefficient (Wildman–Crippen LogP) is 6.33. The Kier molecular flexibility index (Phi) is 5.66. The maximum atomic E-state index is 6.29. The van der Waals surface area contributed by atoms with Crippen molar-refractivity contribution >= 4 is 23.4 Å². The highest BCUT2D eigenvalue weighted by Gasteiger charge is 2.51. The predicted molar refractivity (Wildman–Crippen MR) is 149 cm³/mol. The first kappa shape index (κ1) is 23.5. The maximum Gasteiger partial charge on any atom is 0.494 e. The molecule has 0 unspecified atom stereocenters. The lowest BCUT2D eigenvalue weighted by molar-refractivity contribution is 0.00578. The van der Waals surface area contributed by atoms with Crippen LogP contribution in [0.4, 0.5) is 0 Å². The van der Waals surface area contributed by atoms with Crippen LogP contribution in [-0.2, 0) is 9.31 Å². The molecule has 0 atom stereocenters. The summed E-state index contributed by atoms with van der Waals surface area (Å²) >= 11 is 0. The Morgan fingerprint density at radius 2 is 1.05 bits per heavy atom. The molecule has 1 fully saturated rings. The standard InChI is InChI=1S/C31H28BN3O2/c1-30(2)31(3,4)37-32(36-30)26-16-10-15-24(20-26)28-33-27(22-12-6-5-7-13-22)34-29(35-28)25-18-17-21-11-8-9-14-23(21)19-25/h5-20H,1-4H3. The molecule has 1 aliphatic rings. The van der Waals surface area contributed by atoms with Crippen LogP contribution in [0.2, 0.25) is 0 Å². The van der Waals surface area contributed by atoms with Crippen LogP contribution in [0, 0.1) is 0 Å². The summed E-state index contributed by atoms with van der Waals surface area (Å²) in [6, 6.07) is 32.7. The molecule has 0 aliphatic carbocycles. The molecule has 0 amide bonds. The molecule has 0 saturated carbocycles. The van der Waals surface area contributed by atoms with Crippen LogP contribution < -0.4 is 5.46 Å². The summed E-state index contributed by atoms with van der Waals surface area (Å²) in [6.07, 6.45) is 0. The van der Waals surface area contributed by atoms with E-state index in [9.17, 15) is 0 Å². The Morgan fingerprint density at radius 1 is 0.514 bits per heavy atom. The molecule has 0 spiro atoms. The van der Waals surface area contributed by atoms with Crippen molar-refractivity contribution in [3.63, 3.8) is 0 Å². The molecule has 1 saturated heterocycles. The highest BCUT2D eigenvalue weighted by atomic mass is 16.7. The molecule has 1 aromatic heterocycles. The third-order valence-corrected chi connectivity index (χ3v) is 7.35. The average molecular weight is 485 g/mol. The number of rotatable bonds is 4. The van der Waals surface area contributed by atoms with E-state index in [0.29, 0.717) is 17.5 Å². The molecule has 6 heteroatoms. The van der Waals surface area contributed by atoms with Gasteiger partial charge in [-0.3, -0.25) is 0 Å². The van der Waals surface area contributed by atoms with Crippen LogP contribution in [0.15, 0.2) is 97.1 Å². The number of nitrogens with zero attached hydrogens (tertiary/aromatic N) is 3. The second-order valence-corrected chi connectivity index (χ2v) is 10.4. The van der Waals surface area contributed by atoms with Crippen LogP contribution in [0.3, 0.4) is 0 Å². The van der Waals surface area contributed by atoms with Gasteiger partial charge in [0.25, 0.3) is 0 Å². The van der Waals surface area contributed by atoms with E-state index in [-0.39, 0.29) is 0 Å². The fraction of sp³-hybridized carbons (Fsp3) is 0.194. The van der Waals surface area contributed by atoms with Crippen LogP contribution in [-0.4, -0.2) is 33.3 Å². The van der Waals surface area contributed by atoms with Gasteiger partial charge in [-0.05, 0) is 50.0 Å². The fourth-order valence-corrected chi connectivity index (χ4v) is 4.48. The van der Waals surface area contributed by atoms with Crippen LogP contribution in [0.1, 0.15) is 27.7 Å². The number of fused-ring (bicyclic) bond motifs is 1. The Hall–Kier alpha value is -3.87. The van der Waals surface area contributed by atoms with E-state index in [2.05, 4.69) is 64.1 Å². The Balaban J connectivity index is 1.46. The van der Waals surface area contributed by atoms with Gasteiger partial charge in [0.15, 0.2) is 17.5 Å². The van der Waals surface area contributed by atoms with Crippen molar-refractivity contribution in [2.45, 2.75) is 38.9 Å². The molecule has 0 radical (unpaired) electrons. The highest BCUT2D eigenvalue weighted by molar-refractivity contribution is 6.62. The largest absolute Gasteiger partial charge is 0.494 e. The lowest BCUT2D eigenvalue weighted by Crippen LogP contribution is -2.41. The third-order valence-electron chi connectivity index (χ3n) is 7.35. The van der Waals surface area contributed by atoms with Gasteiger partial charge in [0, 0.05) is 16.7 Å². The number of hydrogen-bond donors (Lipinski definition) is 0. The lowest BCUT2D eigenvalue weighted by Gasteiger charge is -2.32. The molecular weight excluding hydrogens is 457 g/mol. The van der Waals surface area contributed by atoms with Crippen LogP contribution in [0.25, 0.3) is 44.9 Å². The van der Waals surface area contributed by atoms with E-state index in [1.165, 1.54) is 5.39 Å². The molecule has 37 heavy (non-hydrogen) atoms. The van der Waals surface area contributed by atoms with Crippen molar-refractivity contribution in [1.82, 2.24) is 15.0 Å². The van der Waals surface area contributed by atoms with E-state index in [0.717, 1.165) is 27.5 Å². The van der Waals surface area contributed by atoms with Crippen molar-refractivity contribution in [2.24, 2.45) is 0 Å². The molecule has 0 bridgehead atoms. The first-order valence-electron chi connectivity index (χ1n) is 12.6. The monoisotopic (exact) mass is 485 g/mol. The van der Waals surface area contributed by atoms with E-state index < -0.39 is 18.3 Å². The van der Waals surface area contributed by atoms with Crippen molar-refractivity contribution in [3.05, 3.63) is 97.1 Å². The third kappa shape index (κ3) is 4.43. The SMILES string of the molecule is CC1(C)OB(c2cccc(-c3nc(-c4ccccc4)nc(-c4ccc5ccccc5c4)n3)c2)OC1(C)C. The molecule has 182 valence electrons. The summed E-state index contributed by atoms with van der Waals surface area (Å²) in [5.41, 5.74) is 2.88. The minimum atomic E-state index is -0.458. The van der Waals surface area contributed by atoms with Gasteiger partial charge in [-0.25, -0.2) is 15.0 Å². The zero-order chi connectivity index (χ0) is 25.6. The molecule has 1 aliphatic heterocycles. The van der Waals surface area contributed by atoms with Crippen molar-refractivity contribution in [3.8, 4) is 34.2 Å². The van der Waals surface area contributed by atoms with Gasteiger partial charge in [0.05, 0.1) is 11.2 Å². The summed E-state index contributed by atoms with van der Waals surface area (Å²) in [7, 11) is -0.458. The zero-order valence-corrected chi connectivity index (χ0v) is 21.5. The molecule has 5 nitrogen and oxygen atoms in total. The first-order valence-corrected chi connectivity index (χ1v) is 12.6. The van der Waals surface area contributed by atoms with Crippen LogP contribution >= 0.6 is 0 Å². The van der Waals surface area contributed by atoms with Gasteiger partial charge in [0.2, 0.25) is 0 Å². The minimum Gasteiger partial charge on any atom is -0.399 e.